The smallest absolute Gasteiger partial charge is 0.445 e. The Morgan fingerprint density at radius 2 is 1.77 bits per heavy atom. The Bertz CT molecular complexity index is 669. The van der Waals surface area contributed by atoms with E-state index in [1.165, 1.54) is 13.0 Å². The number of carbonyl (C=O) groups is 1. The van der Waals surface area contributed by atoms with Gasteiger partial charge in [-0.05, 0) is 61.9 Å². The van der Waals surface area contributed by atoms with Crippen LogP contribution in [0, 0.1) is 10.5 Å². The molecule has 26 heavy (non-hydrogen) atoms. The van der Waals surface area contributed by atoms with Crippen molar-refractivity contribution in [3.8, 4) is 0 Å². The van der Waals surface area contributed by atoms with Gasteiger partial charge in [-0.2, -0.15) is 0 Å². The predicted molar refractivity (Wildman–Crippen MR) is 106 cm³/mol. The van der Waals surface area contributed by atoms with Gasteiger partial charge in [-0.1, -0.05) is 11.6 Å². The van der Waals surface area contributed by atoms with Crippen molar-refractivity contribution in [1.29, 1.82) is 0 Å². The third-order valence-corrected chi connectivity index (χ3v) is 4.91. The van der Waals surface area contributed by atoms with E-state index in [0.29, 0.717) is 47.4 Å². The molecule has 0 atom stereocenters. The van der Waals surface area contributed by atoms with E-state index in [4.69, 9.17) is 4.74 Å². The maximum absolute atomic E-state index is 13.3. The maximum Gasteiger partial charge on any atom is 0.509 e. The monoisotopic (exact) mass is 483 g/mol. The summed E-state index contributed by atoms with van der Waals surface area (Å²) in [5.41, 5.74) is -0.0643. The largest absolute Gasteiger partial charge is 0.509 e. The molecular formula is C17H24BF3IN2O2-. The highest BCUT2D eigenvalue weighted by Gasteiger charge is 2.30. The number of piperazine rings is 1. The highest BCUT2D eigenvalue weighted by Crippen LogP contribution is 2.20. The molecule has 1 heterocycles. The van der Waals surface area contributed by atoms with Crippen LogP contribution in [0.1, 0.15) is 31.9 Å². The number of nitrogens with zero attached hydrogens (tertiary/aromatic N) is 2. The number of benzene rings is 1. The molecule has 146 valence electrons. The van der Waals surface area contributed by atoms with Crippen LogP contribution in [-0.4, -0.2) is 54.7 Å². The van der Waals surface area contributed by atoms with Gasteiger partial charge in [0.25, 0.3) is 0 Å². The quantitative estimate of drug-likeness (QED) is 0.486. The van der Waals surface area contributed by atoms with Crippen molar-refractivity contribution in [3.05, 3.63) is 26.8 Å². The molecule has 0 spiro atoms. The minimum absolute atomic E-state index is 0.299. The lowest BCUT2D eigenvalue weighted by Crippen LogP contribution is -2.49. The van der Waals surface area contributed by atoms with E-state index in [9.17, 15) is 17.7 Å². The molecule has 0 aromatic heterocycles. The SMILES string of the molecule is Cc1c(CN2CCN(C(=O)OC(C)(C)C)CC2)cc(I)cc1[B-](F)(F)F. The average Bonchev–Trinajstić information content (AvgIpc) is 2.48. The van der Waals surface area contributed by atoms with Crippen LogP contribution in [0.3, 0.4) is 0 Å². The van der Waals surface area contributed by atoms with Gasteiger partial charge in [0.05, 0.1) is 0 Å². The third kappa shape index (κ3) is 5.77. The van der Waals surface area contributed by atoms with Crippen molar-refractivity contribution in [3.63, 3.8) is 0 Å². The molecule has 0 aliphatic carbocycles. The molecular weight excluding hydrogens is 459 g/mol. The van der Waals surface area contributed by atoms with Crippen LogP contribution in [0.5, 0.6) is 0 Å². The molecule has 1 aliphatic heterocycles. The molecule has 1 aromatic carbocycles. The van der Waals surface area contributed by atoms with Gasteiger partial charge in [-0.25, -0.2) is 4.79 Å². The van der Waals surface area contributed by atoms with Gasteiger partial charge >= 0.3 is 13.1 Å². The summed E-state index contributed by atoms with van der Waals surface area (Å²) in [5, 5.41) is 0. The normalized spacial score (nSPS) is 16.7. The van der Waals surface area contributed by atoms with Crippen LogP contribution in [0.4, 0.5) is 17.7 Å². The Morgan fingerprint density at radius 3 is 2.27 bits per heavy atom. The number of rotatable bonds is 3. The standard InChI is InChI=1S/C17H24BF3IN2O2/c1-12-13(9-14(22)10-15(12)18(19,20)21)11-23-5-7-24(8-6-23)16(25)26-17(2,3)4/h9-10H,5-8,11H2,1-4H3/q-1. The summed E-state index contributed by atoms with van der Waals surface area (Å²) >= 11 is 1.93. The van der Waals surface area contributed by atoms with Crippen molar-refractivity contribution >= 4 is 41.1 Å². The summed E-state index contributed by atoms with van der Waals surface area (Å²) in [6, 6.07) is 3.02. The van der Waals surface area contributed by atoms with Gasteiger partial charge in [0.2, 0.25) is 0 Å². The minimum atomic E-state index is -5.03. The molecule has 9 heteroatoms. The molecule has 0 radical (unpaired) electrons. The molecule has 4 nitrogen and oxygen atoms in total. The van der Waals surface area contributed by atoms with Crippen LogP contribution in [-0.2, 0) is 11.3 Å². The number of halogens is 4. The first-order valence-corrected chi connectivity index (χ1v) is 9.64. The lowest BCUT2D eigenvalue weighted by Gasteiger charge is -2.36. The summed E-state index contributed by atoms with van der Waals surface area (Å²) in [7, 11) is 0. The number of hydrogen-bond donors (Lipinski definition) is 0. The summed E-state index contributed by atoms with van der Waals surface area (Å²) < 4.78 is 45.7. The van der Waals surface area contributed by atoms with Gasteiger partial charge < -0.3 is 22.6 Å². The highest BCUT2D eigenvalue weighted by molar-refractivity contribution is 14.1. The van der Waals surface area contributed by atoms with E-state index < -0.39 is 18.0 Å². The first-order chi connectivity index (χ1) is 11.9. The fourth-order valence-electron chi connectivity index (χ4n) is 2.92. The fraction of sp³-hybridized carbons (Fsp3) is 0.588. The predicted octanol–water partition coefficient (Wildman–Crippen LogP) is 3.71. The molecule has 2 rings (SSSR count). The van der Waals surface area contributed by atoms with Crippen molar-refractivity contribution in [2.75, 3.05) is 26.2 Å². The van der Waals surface area contributed by atoms with Crippen LogP contribution in [0.2, 0.25) is 0 Å². The van der Waals surface area contributed by atoms with Gasteiger partial charge in [0.15, 0.2) is 0 Å². The fourth-order valence-corrected chi connectivity index (χ4v) is 3.63. The molecule has 0 saturated carbocycles. The van der Waals surface area contributed by atoms with E-state index in [0.717, 1.165) is 0 Å². The second-order valence-electron chi connectivity index (χ2n) is 7.60. The number of amides is 1. The summed E-state index contributed by atoms with van der Waals surface area (Å²) in [5.74, 6) is 0. The molecule has 1 aliphatic rings. The first-order valence-electron chi connectivity index (χ1n) is 8.56. The molecule has 1 saturated heterocycles. The van der Waals surface area contributed by atoms with Crippen molar-refractivity contribution in [2.45, 2.75) is 39.8 Å². The minimum Gasteiger partial charge on any atom is -0.445 e. The second kappa shape index (κ2) is 7.96. The van der Waals surface area contributed by atoms with E-state index in [1.807, 2.05) is 43.4 Å². The third-order valence-electron chi connectivity index (χ3n) is 4.29. The first kappa shape index (κ1) is 21.3. The van der Waals surface area contributed by atoms with Gasteiger partial charge in [-0.15, -0.1) is 5.46 Å². The molecule has 1 amide bonds. The maximum atomic E-state index is 13.3. The van der Waals surface area contributed by atoms with Gasteiger partial charge in [-0.3, -0.25) is 4.90 Å². The Morgan fingerprint density at radius 1 is 1.19 bits per heavy atom. The number of ether oxygens (including phenoxy) is 1. The molecule has 0 bridgehead atoms. The summed E-state index contributed by atoms with van der Waals surface area (Å²) in [4.78, 5) is 15.8. The zero-order chi connectivity index (χ0) is 19.7. The number of carbonyl (C=O) groups excluding carboxylic acids is 1. The van der Waals surface area contributed by atoms with E-state index >= 15 is 0 Å². The van der Waals surface area contributed by atoms with E-state index in [2.05, 4.69) is 4.90 Å². The molecule has 1 aromatic rings. The highest BCUT2D eigenvalue weighted by atomic mass is 127. The Kier molecular flexibility index (Phi) is 6.53. The molecule has 1 fully saturated rings. The topological polar surface area (TPSA) is 32.8 Å². The zero-order valence-corrected chi connectivity index (χ0v) is 17.6. The van der Waals surface area contributed by atoms with Crippen LogP contribution >= 0.6 is 22.6 Å². The molecule has 0 N–H and O–H groups in total. The Hall–Kier alpha value is -0.965. The van der Waals surface area contributed by atoms with Crippen molar-refractivity contribution < 1.29 is 22.5 Å². The van der Waals surface area contributed by atoms with Crippen LogP contribution in [0.25, 0.3) is 0 Å². The Balaban J connectivity index is 2.02. The zero-order valence-electron chi connectivity index (χ0n) is 15.5. The average molecular weight is 483 g/mol. The van der Waals surface area contributed by atoms with Gasteiger partial charge in [0, 0.05) is 36.3 Å². The van der Waals surface area contributed by atoms with E-state index in [-0.39, 0.29) is 6.09 Å². The summed E-state index contributed by atoms with van der Waals surface area (Å²) in [6.07, 6.45) is -0.343. The van der Waals surface area contributed by atoms with E-state index in [1.54, 1.807) is 11.0 Å². The second-order valence-corrected chi connectivity index (χ2v) is 8.84. The summed E-state index contributed by atoms with van der Waals surface area (Å²) in [6.45, 7) is 4.65. The lowest BCUT2D eigenvalue weighted by molar-refractivity contribution is 0.0139. The van der Waals surface area contributed by atoms with Crippen molar-refractivity contribution in [1.82, 2.24) is 9.80 Å². The van der Waals surface area contributed by atoms with Crippen LogP contribution in [0.15, 0.2) is 12.1 Å². The van der Waals surface area contributed by atoms with Crippen molar-refractivity contribution in [2.24, 2.45) is 0 Å². The molecule has 0 unspecified atom stereocenters. The number of hydrogen-bond acceptors (Lipinski definition) is 3. The van der Waals surface area contributed by atoms with Gasteiger partial charge in [0.1, 0.15) is 5.60 Å². The van der Waals surface area contributed by atoms with Crippen LogP contribution < -0.4 is 5.46 Å². The lowest BCUT2D eigenvalue weighted by atomic mass is 9.76. The Labute approximate surface area is 166 Å².